The van der Waals surface area contributed by atoms with Crippen LogP contribution in [0.15, 0.2) is 6.07 Å². The Morgan fingerprint density at radius 1 is 1.60 bits per heavy atom. The minimum Gasteiger partial charge on any atom is -0.476 e. The highest BCUT2D eigenvalue weighted by molar-refractivity contribution is 5.85. The standard InChI is InChI=1S/C9H13N3O3/c1-6-5-8(9(14)15)11-12(6)4-3-10-7(2)13/h5H,3-4H2,1-2H3,(H,10,13)(H,14,15). The first-order chi connectivity index (χ1) is 7.00. The minimum absolute atomic E-state index is 0.0234. The smallest absolute Gasteiger partial charge is 0.356 e. The van der Waals surface area contributed by atoms with Gasteiger partial charge >= 0.3 is 5.97 Å². The van der Waals surface area contributed by atoms with Crippen molar-refractivity contribution in [3.05, 3.63) is 17.5 Å². The third-order valence-corrected chi connectivity index (χ3v) is 1.90. The zero-order valence-corrected chi connectivity index (χ0v) is 8.65. The maximum absolute atomic E-state index is 10.6. The van der Waals surface area contributed by atoms with E-state index in [0.717, 1.165) is 5.69 Å². The summed E-state index contributed by atoms with van der Waals surface area (Å²) in [6.45, 7) is 4.11. The Balaban J connectivity index is 2.61. The second-order valence-electron chi connectivity index (χ2n) is 3.18. The third-order valence-electron chi connectivity index (χ3n) is 1.90. The van der Waals surface area contributed by atoms with Crippen LogP contribution in [0.2, 0.25) is 0 Å². The van der Waals surface area contributed by atoms with Gasteiger partial charge in [0.25, 0.3) is 0 Å². The highest BCUT2D eigenvalue weighted by Crippen LogP contribution is 2.02. The van der Waals surface area contributed by atoms with Gasteiger partial charge in [0.05, 0.1) is 6.54 Å². The van der Waals surface area contributed by atoms with E-state index in [4.69, 9.17) is 5.11 Å². The predicted molar refractivity (Wildman–Crippen MR) is 52.6 cm³/mol. The van der Waals surface area contributed by atoms with Gasteiger partial charge in [0.2, 0.25) is 5.91 Å². The fourth-order valence-electron chi connectivity index (χ4n) is 1.18. The Labute approximate surface area is 86.9 Å². The van der Waals surface area contributed by atoms with E-state index in [9.17, 15) is 9.59 Å². The van der Waals surface area contributed by atoms with Crippen LogP contribution < -0.4 is 5.32 Å². The zero-order valence-electron chi connectivity index (χ0n) is 8.65. The molecule has 0 unspecified atom stereocenters. The van der Waals surface area contributed by atoms with Gasteiger partial charge in [-0.15, -0.1) is 0 Å². The second kappa shape index (κ2) is 4.59. The SMILES string of the molecule is CC(=O)NCCn1nc(C(=O)O)cc1C. The van der Waals surface area contributed by atoms with Gasteiger partial charge in [0, 0.05) is 19.2 Å². The van der Waals surface area contributed by atoms with Crippen molar-refractivity contribution >= 4 is 11.9 Å². The molecule has 1 rings (SSSR count). The number of aryl methyl sites for hydroxylation is 1. The lowest BCUT2D eigenvalue weighted by molar-refractivity contribution is -0.119. The first kappa shape index (κ1) is 11.2. The van der Waals surface area contributed by atoms with Crippen molar-refractivity contribution in [1.82, 2.24) is 15.1 Å². The molecule has 0 aliphatic heterocycles. The third kappa shape index (κ3) is 3.08. The second-order valence-corrected chi connectivity index (χ2v) is 3.18. The van der Waals surface area contributed by atoms with Crippen LogP contribution in [0.5, 0.6) is 0 Å². The van der Waals surface area contributed by atoms with E-state index in [0.29, 0.717) is 13.1 Å². The van der Waals surface area contributed by atoms with E-state index in [2.05, 4.69) is 10.4 Å². The topological polar surface area (TPSA) is 84.2 Å². The van der Waals surface area contributed by atoms with Gasteiger partial charge in [-0.25, -0.2) is 4.79 Å². The number of carboxylic acid groups (broad SMARTS) is 1. The van der Waals surface area contributed by atoms with Crippen molar-refractivity contribution in [1.29, 1.82) is 0 Å². The lowest BCUT2D eigenvalue weighted by atomic mass is 10.4. The molecule has 1 heterocycles. The molecule has 0 saturated carbocycles. The summed E-state index contributed by atoms with van der Waals surface area (Å²) in [5, 5.41) is 15.2. The fraction of sp³-hybridized carbons (Fsp3) is 0.444. The lowest BCUT2D eigenvalue weighted by Crippen LogP contribution is -2.25. The van der Waals surface area contributed by atoms with Gasteiger partial charge in [-0.2, -0.15) is 5.10 Å². The Morgan fingerprint density at radius 3 is 2.73 bits per heavy atom. The predicted octanol–water partition coefficient (Wildman–Crippen LogP) is 0.0258. The number of carboxylic acids is 1. The van der Waals surface area contributed by atoms with E-state index in [1.165, 1.54) is 13.0 Å². The van der Waals surface area contributed by atoms with Crippen molar-refractivity contribution in [2.45, 2.75) is 20.4 Å². The molecule has 15 heavy (non-hydrogen) atoms. The van der Waals surface area contributed by atoms with Crippen LogP contribution in [-0.2, 0) is 11.3 Å². The van der Waals surface area contributed by atoms with Crippen LogP contribution in [0, 0.1) is 6.92 Å². The molecule has 0 radical (unpaired) electrons. The summed E-state index contributed by atoms with van der Waals surface area (Å²) >= 11 is 0. The summed E-state index contributed by atoms with van der Waals surface area (Å²) < 4.78 is 1.55. The number of rotatable bonds is 4. The molecule has 6 heteroatoms. The quantitative estimate of drug-likeness (QED) is 0.735. The van der Waals surface area contributed by atoms with E-state index in [1.807, 2.05) is 0 Å². The largest absolute Gasteiger partial charge is 0.476 e. The van der Waals surface area contributed by atoms with Crippen molar-refractivity contribution < 1.29 is 14.7 Å². The molecule has 0 spiro atoms. The minimum atomic E-state index is -1.05. The van der Waals surface area contributed by atoms with Crippen molar-refractivity contribution in [3.63, 3.8) is 0 Å². The molecule has 0 aromatic carbocycles. The summed E-state index contributed by atoms with van der Waals surface area (Å²) in [6, 6.07) is 1.50. The highest BCUT2D eigenvalue weighted by atomic mass is 16.4. The number of hydrogen-bond acceptors (Lipinski definition) is 3. The molecular weight excluding hydrogens is 198 g/mol. The molecule has 1 amide bonds. The van der Waals surface area contributed by atoms with Gasteiger partial charge in [-0.1, -0.05) is 0 Å². The monoisotopic (exact) mass is 211 g/mol. The van der Waals surface area contributed by atoms with Gasteiger partial charge in [0.15, 0.2) is 5.69 Å². The molecule has 0 bridgehead atoms. The molecule has 2 N–H and O–H groups in total. The van der Waals surface area contributed by atoms with Crippen LogP contribution in [0.1, 0.15) is 23.1 Å². The maximum atomic E-state index is 10.6. The first-order valence-corrected chi connectivity index (χ1v) is 4.53. The van der Waals surface area contributed by atoms with Crippen molar-refractivity contribution in [3.8, 4) is 0 Å². The molecule has 6 nitrogen and oxygen atoms in total. The number of aromatic carboxylic acids is 1. The Bertz CT molecular complexity index is 384. The molecule has 1 aromatic rings. The normalized spacial score (nSPS) is 10.0. The number of nitrogens with zero attached hydrogens (tertiary/aromatic N) is 2. The lowest BCUT2D eigenvalue weighted by Gasteiger charge is -2.04. The van der Waals surface area contributed by atoms with Gasteiger partial charge in [0.1, 0.15) is 0 Å². The summed E-state index contributed by atoms with van der Waals surface area (Å²) in [5.74, 6) is -1.16. The molecular formula is C9H13N3O3. The fourth-order valence-corrected chi connectivity index (χ4v) is 1.18. The summed E-state index contributed by atoms with van der Waals surface area (Å²) in [5.41, 5.74) is 0.785. The van der Waals surface area contributed by atoms with Gasteiger partial charge in [-0.05, 0) is 13.0 Å². The summed E-state index contributed by atoms with van der Waals surface area (Å²) in [4.78, 5) is 21.2. The Morgan fingerprint density at radius 2 is 2.27 bits per heavy atom. The average Bonchev–Trinajstić information content (AvgIpc) is 2.47. The first-order valence-electron chi connectivity index (χ1n) is 4.53. The Hall–Kier alpha value is -1.85. The average molecular weight is 211 g/mol. The number of amides is 1. The van der Waals surface area contributed by atoms with Crippen LogP contribution >= 0.6 is 0 Å². The molecule has 0 aliphatic carbocycles. The summed E-state index contributed by atoms with van der Waals surface area (Å²) in [7, 11) is 0. The number of nitrogens with one attached hydrogen (secondary N) is 1. The van der Waals surface area contributed by atoms with Gasteiger partial charge in [-0.3, -0.25) is 9.48 Å². The summed E-state index contributed by atoms with van der Waals surface area (Å²) in [6.07, 6.45) is 0. The van der Waals surface area contributed by atoms with Crippen molar-refractivity contribution in [2.24, 2.45) is 0 Å². The number of carbonyl (C=O) groups is 2. The van der Waals surface area contributed by atoms with Crippen molar-refractivity contribution in [2.75, 3.05) is 6.54 Å². The van der Waals surface area contributed by atoms with E-state index in [1.54, 1.807) is 11.6 Å². The number of aromatic nitrogens is 2. The van der Waals surface area contributed by atoms with E-state index in [-0.39, 0.29) is 11.6 Å². The Kier molecular flexibility index (Phi) is 3.43. The molecule has 0 fully saturated rings. The van der Waals surface area contributed by atoms with Crippen LogP contribution in [0.25, 0.3) is 0 Å². The zero-order chi connectivity index (χ0) is 11.4. The molecule has 1 aromatic heterocycles. The number of hydrogen-bond donors (Lipinski definition) is 2. The van der Waals surface area contributed by atoms with Crippen LogP contribution in [0.3, 0.4) is 0 Å². The van der Waals surface area contributed by atoms with Crippen LogP contribution in [0.4, 0.5) is 0 Å². The molecule has 0 atom stereocenters. The number of carbonyl (C=O) groups excluding carboxylic acids is 1. The van der Waals surface area contributed by atoms with E-state index >= 15 is 0 Å². The maximum Gasteiger partial charge on any atom is 0.356 e. The van der Waals surface area contributed by atoms with E-state index < -0.39 is 5.97 Å². The van der Waals surface area contributed by atoms with Gasteiger partial charge < -0.3 is 10.4 Å². The highest BCUT2D eigenvalue weighted by Gasteiger charge is 2.09. The molecule has 82 valence electrons. The van der Waals surface area contributed by atoms with Crippen LogP contribution in [-0.4, -0.2) is 33.3 Å². The molecule has 0 aliphatic rings. The molecule has 0 saturated heterocycles.